The number of aryl methyl sites for hydroxylation is 1. The Morgan fingerprint density at radius 2 is 1.88 bits per heavy atom. The number of carbonyl (C=O) groups excluding carboxylic acids is 1. The molecule has 1 aromatic carbocycles. The van der Waals surface area contributed by atoms with Crippen LogP contribution < -0.4 is 5.32 Å². The van der Waals surface area contributed by atoms with Gasteiger partial charge in [-0.2, -0.15) is 13.2 Å². The van der Waals surface area contributed by atoms with Gasteiger partial charge in [-0.15, -0.1) is 0 Å². The van der Waals surface area contributed by atoms with Gasteiger partial charge in [0.1, 0.15) is 0 Å². The number of nitrogens with one attached hydrogen (secondary N) is 1. The lowest BCUT2D eigenvalue weighted by molar-refractivity contribution is -0.192. The lowest BCUT2D eigenvalue weighted by Crippen LogP contribution is -2.54. The van der Waals surface area contributed by atoms with Crippen LogP contribution in [0.5, 0.6) is 0 Å². The quantitative estimate of drug-likeness (QED) is 0.660. The van der Waals surface area contributed by atoms with Crippen molar-refractivity contribution in [2.75, 3.05) is 19.6 Å². The summed E-state index contributed by atoms with van der Waals surface area (Å²) in [6, 6.07) is 5.82. The first-order valence-electron chi connectivity index (χ1n) is 10.6. The molecule has 1 spiro atoms. The Kier molecular flexibility index (Phi) is 6.06. The molecular weight excluding hydrogens is 447 g/mol. The summed E-state index contributed by atoms with van der Waals surface area (Å²) >= 11 is 6.64. The number of pyridine rings is 1. The number of rotatable bonds is 1. The number of aliphatic carboxylic acids is 1. The van der Waals surface area contributed by atoms with Gasteiger partial charge in [0.15, 0.2) is 0 Å². The third-order valence-corrected chi connectivity index (χ3v) is 6.63. The fourth-order valence-corrected chi connectivity index (χ4v) is 4.66. The highest BCUT2D eigenvalue weighted by Gasteiger charge is 2.46. The minimum absolute atomic E-state index is 0.116. The van der Waals surface area contributed by atoms with Gasteiger partial charge in [0.2, 0.25) is 0 Å². The van der Waals surface area contributed by atoms with E-state index in [4.69, 9.17) is 26.5 Å². The van der Waals surface area contributed by atoms with E-state index >= 15 is 0 Å². The van der Waals surface area contributed by atoms with Gasteiger partial charge in [0.25, 0.3) is 5.91 Å². The van der Waals surface area contributed by atoms with Crippen molar-refractivity contribution >= 4 is 34.4 Å². The maximum Gasteiger partial charge on any atom is 0.490 e. The molecular formula is C22H23ClF3N3O3. The van der Waals surface area contributed by atoms with E-state index in [-0.39, 0.29) is 11.4 Å². The molecule has 2 aromatic rings. The van der Waals surface area contributed by atoms with Gasteiger partial charge in [-0.05, 0) is 56.2 Å². The minimum Gasteiger partial charge on any atom is -0.475 e. The predicted octanol–water partition coefficient (Wildman–Crippen LogP) is 3.98. The smallest absolute Gasteiger partial charge is 0.475 e. The molecule has 1 saturated heterocycles. The zero-order valence-electron chi connectivity index (χ0n) is 17.3. The van der Waals surface area contributed by atoms with Crippen LogP contribution in [0.25, 0.3) is 10.9 Å². The summed E-state index contributed by atoms with van der Waals surface area (Å²) < 4.78 is 31.7. The normalized spacial score (nSPS) is 19.2. The fourth-order valence-electron chi connectivity index (χ4n) is 4.30. The molecule has 1 aliphatic heterocycles. The van der Waals surface area contributed by atoms with Crippen molar-refractivity contribution in [3.63, 3.8) is 0 Å². The second-order valence-electron chi connectivity index (χ2n) is 8.53. The molecule has 6 nitrogen and oxygen atoms in total. The molecule has 1 amide bonds. The van der Waals surface area contributed by atoms with Crippen LogP contribution in [0, 0.1) is 0 Å². The lowest BCUT2D eigenvalue weighted by Gasteiger charge is -2.34. The fraction of sp³-hybridized carbons (Fsp3) is 0.500. The van der Waals surface area contributed by atoms with E-state index < -0.39 is 12.1 Å². The SMILES string of the molecule is O=C(O)C(F)(F)F.O=C(c1ccc2c(Cl)c3c(nc2c1)CCCC3)N1CCNC2(CC2)C1. The number of nitrogens with zero attached hydrogens (tertiary/aromatic N) is 2. The number of carboxylic acid groups (broad SMARTS) is 1. The number of hydrogen-bond donors (Lipinski definition) is 2. The molecule has 5 rings (SSSR count). The number of alkyl halides is 3. The average Bonchev–Trinajstić information content (AvgIpc) is 3.51. The Labute approximate surface area is 187 Å². The average molecular weight is 470 g/mol. The van der Waals surface area contributed by atoms with Crippen LogP contribution in [-0.2, 0) is 17.6 Å². The van der Waals surface area contributed by atoms with Crippen LogP contribution in [0.2, 0.25) is 5.02 Å². The first kappa shape index (κ1) is 22.8. The van der Waals surface area contributed by atoms with Crippen LogP contribution in [0.1, 0.15) is 47.3 Å². The molecule has 0 atom stereocenters. The van der Waals surface area contributed by atoms with Gasteiger partial charge in [0, 0.05) is 41.8 Å². The first-order valence-corrected chi connectivity index (χ1v) is 10.9. The summed E-state index contributed by atoms with van der Waals surface area (Å²) in [5, 5.41) is 12.5. The number of amides is 1. The van der Waals surface area contributed by atoms with E-state index in [1.807, 2.05) is 23.1 Å². The maximum atomic E-state index is 13.0. The molecule has 2 heterocycles. The minimum atomic E-state index is -5.08. The van der Waals surface area contributed by atoms with E-state index in [1.54, 1.807) is 0 Å². The molecule has 0 bridgehead atoms. The second-order valence-corrected chi connectivity index (χ2v) is 8.90. The highest BCUT2D eigenvalue weighted by atomic mass is 35.5. The monoisotopic (exact) mass is 469 g/mol. The molecule has 1 aromatic heterocycles. The summed E-state index contributed by atoms with van der Waals surface area (Å²) in [5.41, 5.74) is 4.10. The van der Waals surface area contributed by atoms with Gasteiger partial charge in [-0.25, -0.2) is 4.79 Å². The number of carboxylic acids is 1. The van der Waals surface area contributed by atoms with Crippen LogP contribution in [0.15, 0.2) is 18.2 Å². The van der Waals surface area contributed by atoms with E-state index in [2.05, 4.69) is 5.32 Å². The first-order chi connectivity index (χ1) is 15.1. The molecule has 0 unspecified atom stereocenters. The van der Waals surface area contributed by atoms with E-state index in [0.717, 1.165) is 59.7 Å². The van der Waals surface area contributed by atoms with Crippen LogP contribution >= 0.6 is 11.6 Å². The van der Waals surface area contributed by atoms with Crippen molar-refractivity contribution in [2.45, 2.75) is 50.2 Å². The van der Waals surface area contributed by atoms with E-state index in [0.29, 0.717) is 0 Å². The second kappa shape index (κ2) is 8.51. The Hall–Kier alpha value is -2.39. The van der Waals surface area contributed by atoms with Crippen molar-refractivity contribution in [1.29, 1.82) is 0 Å². The standard InChI is InChI=1S/C20H22ClN3O.C2HF3O2/c21-18-14-3-1-2-4-16(14)23-17-11-13(5-6-15(17)18)19(25)24-10-9-22-20(12-24)7-8-20;3-2(4,5)1(6)7/h5-6,11,22H,1-4,7-10,12H2;(H,6,7). The molecule has 172 valence electrons. The number of halogens is 4. The number of fused-ring (bicyclic) bond motifs is 2. The van der Waals surface area contributed by atoms with Crippen LogP contribution in [-0.4, -0.2) is 58.2 Å². The van der Waals surface area contributed by atoms with Crippen molar-refractivity contribution in [3.05, 3.63) is 40.0 Å². The molecule has 32 heavy (non-hydrogen) atoms. The van der Waals surface area contributed by atoms with Gasteiger partial charge in [0.05, 0.1) is 10.5 Å². The number of benzene rings is 1. The summed E-state index contributed by atoms with van der Waals surface area (Å²) in [7, 11) is 0. The lowest BCUT2D eigenvalue weighted by atomic mass is 9.94. The van der Waals surface area contributed by atoms with Crippen molar-refractivity contribution < 1.29 is 27.9 Å². The van der Waals surface area contributed by atoms with Crippen molar-refractivity contribution in [3.8, 4) is 0 Å². The third-order valence-electron chi connectivity index (χ3n) is 6.20. The summed E-state index contributed by atoms with van der Waals surface area (Å²) in [6.07, 6.45) is 1.63. The molecule has 1 saturated carbocycles. The van der Waals surface area contributed by atoms with Crippen molar-refractivity contribution in [1.82, 2.24) is 15.2 Å². The molecule has 0 radical (unpaired) electrons. The molecule has 2 N–H and O–H groups in total. The van der Waals surface area contributed by atoms with Gasteiger partial charge < -0.3 is 15.3 Å². The molecule has 2 aliphatic carbocycles. The van der Waals surface area contributed by atoms with Crippen LogP contribution in [0.4, 0.5) is 13.2 Å². The Morgan fingerprint density at radius 1 is 1.19 bits per heavy atom. The van der Waals surface area contributed by atoms with Gasteiger partial charge in [-0.3, -0.25) is 9.78 Å². The Morgan fingerprint density at radius 3 is 2.53 bits per heavy atom. The maximum absolute atomic E-state index is 13.0. The summed E-state index contributed by atoms with van der Waals surface area (Å²) in [6.45, 7) is 2.48. The number of aromatic nitrogens is 1. The summed E-state index contributed by atoms with van der Waals surface area (Å²) in [5.74, 6) is -2.64. The van der Waals surface area contributed by atoms with Crippen molar-refractivity contribution in [2.24, 2.45) is 0 Å². The van der Waals surface area contributed by atoms with Crippen LogP contribution in [0.3, 0.4) is 0 Å². The highest BCUT2D eigenvalue weighted by Crippen LogP contribution is 2.38. The number of hydrogen-bond acceptors (Lipinski definition) is 4. The van der Waals surface area contributed by atoms with Gasteiger partial charge >= 0.3 is 12.1 Å². The topological polar surface area (TPSA) is 82.5 Å². The summed E-state index contributed by atoms with van der Waals surface area (Å²) in [4.78, 5) is 28.7. The zero-order chi connectivity index (χ0) is 23.1. The van der Waals surface area contributed by atoms with E-state index in [1.165, 1.54) is 31.2 Å². The number of carbonyl (C=O) groups is 2. The predicted molar refractivity (Wildman–Crippen MR) is 113 cm³/mol. The highest BCUT2D eigenvalue weighted by molar-refractivity contribution is 6.36. The molecule has 10 heteroatoms. The molecule has 3 aliphatic rings. The largest absolute Gasteiger partial charge is 0.490 e. The zero-order valence-corrected chi connectivity index (χ0v) is 18.0. The van der Waals surface area contributed by atoms with Gasteiger partial charge in [-0.1, -0.05) is 17.7 Å². The molecule has 2 fully saturated rings. The Balaban J connectivity index is 0.000000307. The van der Waals surface area contributed by atoms with E-state index in [9.17, 15) is 18.0 Å². The number of piperazine rings is 1. The Bertz CT molecular complexity index is 1070. The third kappa shape index (κ3) is 4.68.